The zero-order valence-electron chi connectivity index (χ0n) is 14.4. The quantitative estimate of drug-likeness (QED) is 0.764. The number of anilines is 1. The first-order valence-corrected chi connectivity index (χ1v) is 9.23. The number of carbonyl (C=O) groups is 1. The zero-order valence-corrected chi connectivity index (χ0v) is 15.1. The molecule has 2 aromatic rings. The Labute approximate surface area is 160 Å². The van der Waals surface area contributed by atoms with Crippen LogP contribution in [0.25, 0.3) is 0 Å². The second-order valence-corrected chi connectivity index (χ2v) is 7.44. The van der Waals surface area contributed by atoms with Crippen molar-refractivity contribution in [1.29, 1.82) is 0 Å². The van der Waals surface area contributed by atoms with Crippen molar-refractivity contribution in [1.82, 2.24) is 5.32 Å². The SMILES string of the molecule is O=C(N[C@@H]1CCCN2c3cc(Cl)ccc3Cc3ccccc3[C@H]12)C(F)(F)F. The third-order valence-electron chi connectivity index (χ3n) is 5.32. The van der Waals surface area contributed by atoms with Crippen LogP contribution in [0.15, 0.2) is 42.5 Å². The van der Waals surface area contributed by atoms with E-state index in [0.29, 0.717) is 30.8 Å². The summed E-state index contributed by atoms with van der Waals surface area (Å²) in [5, 5.41) is 2.82. The summed E-state index contributed by atoms with van der Waals surface area (Å²) >= 11 is 6.21. The highest BCUT2D eigenvalue weighted by atomic mass is 35.5. The standard InChI is InChI=1S/C20H18ClF3N2O/c21-14-8-7-13-10-12-4-1-2-5-15(12)18-16(25-19(27)20(22,23)24)6-3-9-26(18)17(13)11-14/h1-2,4-5,7-8,11,16,18H,3,6,9-10H2,(H,25,27)/t16-,18-/m1/s1. The number of halogens is 4. The molecule has 0 spiro atoms. The normalized spacial score (nSPS) is 21.6. The van der Waals surface area contributed by atoms with Crippen molar-refractivity contribution in [2.75, 3.05) is 11.4 Å². The summed E-state index contributed by atoms with van der Waals surface area (Å²) in [5.74, 6) is -1.89. The third-order valence-corrected chi connectivity index (χ3v) is 5.55. The molecule has 27 heavy (non-hydrogen) atoms. The molecule has 0 unspecified atom stereocenters. The maximum absolute atomic E-state index is 12.9. The van der Waals surface area contributed by atoms with Crippen molar-refractivity contribution >= 4 is 23.2 Å². The molecule has 3 nitrogen and oxygen atoms in total. The van der Waals surface area contributed by atoms with Crippen LogP contribution in [0.5, 0.6) is 0 Å². The second-order valence-electron chi connectivity index (χ2n) is 7.01. The zero-order chi connectivity index (χ0) is 19.2. The van der Waals surface area contributed by atoms with Gasteiger partial charge in [-0.1, -0.05) is 41.9 Å². The predicted molar refractivity (Wildman–Crippen MR) is 98.0 cm³/mol. The van der Waals surface area contributed by atoms with E-state index in [1.807, 2.05) is 42.5 Å². The lowest BCUT2D eigenvalue weighted by atomic mass is 9.88. The fraction of sp³-hybridized carbons (Fsp3) is 0.350. The smallest absolute Gasteiger partial charge is 0.362 e. The van der Waals surface area contributed by atoms with E-state index >= 15 is 0 Å². The van der Waals surface area contributed by atoms with E-state index in [4.69, 9.17) is 11.6 Å². The molecular weight excluding hydrogens is 377 g/mol. The summed E-state index contributed by atoms with van der Waals surface area (Å²) in [7, 11) is 0. The lowest BCUT2D eigenvalue weighted by Crippen LogP contribution is -2.53. The van der Waals surface area contributed by atoms with Gasteiger partial charge in [0.25, 0.3) is 0 Å². The fourth-order valence-corrected chi connectivity index (χ4v) is 4.36. The molecule has 2 atom stereocenters. The monoisotopic (exact) mass is 394 g/mol. The van der Waals surface area contributed by atoms with E-state index in [1.54, 1.807) is 0 Å². The van der Waals surface area contributed by atoms with Gasteiger partial charge in [-0.05, 0) is 48.1 Å². The van der Waals surface area contributed by atoms with Crippen LogP contribution in [0.4, 0.5) is 18.9 Å². The van der Waals surface area contributed by atoms with E-state index < -0.39 is 18.1 Å². The van der Waals surface area contributed by atoms with Gasteiger partial charge in [0, 0.05) is 17.3 Å². The van der Waals surface area contributed by atoms with Gasteiger partial charge < -0.3 is 10.2 Å². The molecule has 142 valence electrons. The third kappa shape index (κ3) is 3.38. The number of carbonyl (C=O) groups excluding carboxylic acids is 1. The van der Waals surface area contributed by atoms with Gasteiger partial charge in [0.05, 0.1) is 12.1 Å². The van der Waals surface area contributed by atoms with Gasteiger partial charge >= 0.3 is 12.1 Å². The predicted octanol–water partition coefficient (Wildman–Crippen LogP) is 4.63. The molecule has 0 saturated carbocycles. The maximum Gasteiger partial charge on any atom is 0.471 e. The van der Waals surface area contributed by atoms with Crippen molar-refractivity contribution in [2.24, 2.45) is 0 Å². The van der Waals surface area contributed by atoms with Crippen LogP contribution < -0.4 is 10.2 Å². The van der Waals surface area contributed by atoms with Gasteiger partial charge in [-0.25, -0.2) is 0 Å². The lowest BCUT2D eigenvalue weighted by molar-refractivity contribution is -0.174. The summed E-state index contributed by atoms with van der Waals surface area (Å²) in [6.07, 6.45) is -3.04. The maximum atomic E-state index is 12.9. The van der Waals surface area contributed by atoms with Gasteiger partial charge in [0.1, 0.15) is 0 Å². The molecule has 1 saturated heterocycles. The average Bonchev–Trinajstić information content (AvgIpc) is 2.76. The number of hydrogen-bond donors (Lipinski definition) is 1. The summed E-state index contributed by atoms with van der Waals surface area (Å²) in [4.78, 5) is 13.7. The summed E-state index contributed by atoms with van der Waals surface area (Å²) in [6, 6.07) is 12.4. The number of nitrogens with one attached hydrogen (secondary N) is 1. The Morgan fingerprint density at radius 3 is 2.70 bits per heavy atom. The Morgan fingerprint density at radius 1 is 1.15 bits per heavy atom. The number of fused-ring (bicyclic) bond motifs is 5. The largest absolute Gasteiger partial charge is 0.471 e. The number of benzene rings is 2. The summed E-state index contributed by atoms with van der Waals surface area (Å²) < 4.78 is 38.6. The van der Waals surface area contributed by atoms with Crippen LogP contribution in [0.1, 0.15) is 35.6 Å². The van der Waals surface area contributed by atoms with E-state index in [1.165, 1.54) is 0 Å². The van der Waals surface area contributed by atoms with Crippen LogP contribution >= 0.6 is 11.6 Å². The molecule has 2 aliphatic rings. The topological polar surface area (TPSA) is 32.3 Å². The molecule has 0 aromatic heterocycles. The van der Waals surface area contributed by atoms with Gasteiger partial charge in [-0.2, -0.15) is 13.2 Å². The van der Waals surface area contributed by atoms with Crippen molar-refractivity contribution in [3.8, 4) is 0 Å². The van der Waals surface area contributed by atoms with Crippen LogP contribution in [0.3, 0.4) is 0 Å². The average molecular weight is 395 g/mol. The highest BCUT2D eigenvalue weighted by molar-refractivity contribution is 6.30. The van der Waals surface area contributed by atoms with E-state index in [9.17, 15) is 18.0 Å². The minimum atomic E-state index is -4.90. The molecule has 2 aromatic carbocycles. The van der Waals surface area contributed by atoms with Crippen molar-refractivity contribution < 1.29 is 18.0 Å². The molecular formula is C20H18ClF3N2O. The fourth-order valence-electron chi connectivity index (χ4n) is 4.19. The molecule has 1 N–H and O–H groups in total. The molecule has 1 amide bonds. The Morgan fingerprint density at radius 2 is 1.93 bits per heavy atom. The van der Waals surface area contributed by atoms with E-state index in [-0.39, 0.29) is 6.04 Å². The van der Waals surface area contributed by atoms with E-state index in [0.717, 1.165) is 22.4 Å². The van der Waals surface area contributed by atoms with Crippen molar-refractivity contribution in [3.05, 3.63) is 64.2 Å². The lowest BCUT2D eigenvalue weighted by Gasteiger charge is -2.43. The van der Waals surface area contributed by atoms with Crippen LogP contribution in [-0.4, -0.2) is 24.7 Å². The first-order valence-electron chi connectivity index (χ1n) is 8.85. The van der Waals surface area contributed by atoms with Crippen LogP contribution in [0.2, 0.25) is 5.02 Å². The highest BCUT2D eigenvalue weighted by Gasteiger charge is 2.44. The minimum absolute atomic E-state index is 0.360. The van der Waals surface area contributed by atoms with E-state index in [2.05, 4.69) is 10.2 Å². The Bertz CT molecular complexity index is 884. The number of hydrogen-bond acceptors (Lipinski definition) is 2. The minimum Gasteiger partial charge on any atom is -0.362 e. The van der Waals surface area contributed by atoms with Crippen molar-refractivity contribution in [3.63, 3.8) is 0 Å². The van der Waals surface area contributed by atoms with Gasteiger partial charge in [0.2, 0.25) is 0 Å². The Kier molecular flexibility index (Phi) is 4.54. The van der Waals surface area contributed by atoms with Gasteiger partial charge in [-0.15, -0.1) is 0 Å². The molecule has 2 aliphatic heterocycles. The van der Waals surface area contributed by atoms with Gasteiger partial charge in [0.15, 0.2) is 0 Å². The van der Waals surface area contributed by atoms with Crippen LogP contribution in [-0.2, 0) is 11.2 Å². The summed E-state index contributed by atoms with van der Waals surface area (Å²) in [5.41, 5.74) is 4.02. The molecule has 0 bridgehead atoms. The Balaban J connectivity index is 1.81. The van der Waals surface area contributed by atoms with Crippen LogP contribution in [0, 0.1) is 0 Å². The van der Waals surface area contributed by atoms with Crippen molar-refractivity contribution in [2.45, 2.75) is 37.5 Å². The van der Waals surface area contributed by atoms with Gasteiger partial charge in [-0.3, -0.25) is 4.79 Å². The molecule has 0 radical (unpaired) electrons. The number of rotatable bonds is 1. The first kappa shape index (κ1) is 18.2. The number of alkyl halides is 3. The number of piperidine rings is 1. The highest BCUT2D eigenvalue weighted by Crippen LogP contribution is 2.43. The molecule has 7 heteroatoms. The Hall–Kier alpha value is -2.21. The second kappa shape index (κ2) is 6.75. The number of amides is 1. The molecule has 4 rings (SSSR count). The summed E-state index contributed by atoms with van der Waals surface area (Å²) in [6.45, 7) is 0.699. The molecule has 1 fully saturated rings. The number of nitrogens with zero attached hydrogens (tertiary/aromatic N) is 1. The first-order chi connectivity index (χ1) is 12.8. The molecule has 2 heterocycles. The molecule has 0 aliphatic carbocycles.